The highest BCUT2D eigenvalue weighted by molar-refractivity contribution is 6.03. The van der Waals surface area contributed by atoms with Crippen molar-refractivity contribution in [2.75, 3.05) is 6.61 Å². The molecule has 0 saturated heterocycles. The number of hydrogen-bond acceptors (Lipinski definition) is 6. The summed E-state index contributed by atoms with van der Waals surface area (Å²) < 4.78 is 11.0. The molecule has 1 N–H and O–H groups in total. The van der Waals surface area contributed by atoms with Gasteiger partial charge in [0.15, 0.2) is 6.61 Å². The van der Waals surface area contributed by atoms with E-state index in [1.165, 1.54) is 5.01 Å². The maximum atomic E-state index is 13.2. The van der Waals surface area contributed by atoms with Gasteiger partial charge in [-0.15, -0.1) is 0 Å². The lowest BCUT2D eigenvalue weighted by molar-refractivity contribution is -0.136. The lowest BCUT2D eigenvalue weighted by atomic mass is 9.92. The quantitative estimate of drug-likeness (QED) is 0.407. The lowest BCUT2D eigenvalue weighted by Gasteiger charge is -2.20. The number of nitrogens with zero attached hydrogens (tertiary/aromatic N) is 2. The zero-order valence-electron chi connectivity index (χ0n) is 21.3. The molecule has 0 bridgehead atoms. The smallest absolute Gasteiger partial charge is 0.342 e. The van der Waals surface area contributed by atoms with E-state index in [2.05, 4.69) is 5.10 Å². The molecule has 0 fully saturated rings. The van der Waals surface area contributed by atoms with E-state index in [0.717, 1.165) is 22.4 Å². The highest BCUT2D eigenvalue weighted by atomic mass is 16.5. The van der Waals surface area contributed by atoms with Crippen molar-refractivity contribution in [1.82, 2.24) is 5.01 Å². The molecule has 1 aromatic heterocycles. The number of phenols is 1. The molecule has 0 aliphatic carbocycles. The summed E-state index contributed by atoms with van der Waals surface area (Å²) in [5.74, 6) is -0.558. The van der Waals surface area contributed by atoms with E-state index in [9.17, 15) is 14.7 Å². The van der Waals surface area contributed by atoms with Crippen LogP contribution in [0.25, 0.3) is 0 Å². The summed E-state index contributed by atoms with van der Waals surface area (Å²) in [6.45, 7) is 9.42. The molecule has 1 atom stereocenters. The van der Waals surface area contributed by atoms with Crippen LogP contribution in [0.5, 0.6) is 5.75 Å². The minimum absolute atomic E-state index is 0.0186. The molecule has 7 nitrogen and oxygen atoms in total. The summed E-state index contributed by atoms with van der Waals surface area (Å²) in [7, 11) is 0. The normalized spacial score (nSPS) is 15.5. The average molecular weight is 489 g/mol. The number of hydrogen-bond donors (Lipinski definition) is 1. The van der Waals surface area contributed by atoms with Crippen LogP contribution in [0.2, 0.25) is 0 Å². The van der Waals surface area contributed by atoms with Crippen molar-refractivity contribution in [2.24, 2.45) is 5.10 Å². The molecule has 3 aromatic rings. The number of hydrazone groups is 1. The number of furan rings is 1. The third-order valence-corrected chi connectivity index (χ3v) is 6.42. The van der Waals surface area contributed by atoms with Gasteiger partial charge in [-0.2, -0.15) is 5.10 Å². The van der Waals surface area contributed by atoms with E-state index in [4.69, 9.17) is 9.15 Å². The molecule has 0 spiro atoms. The first-order valence-corrected chi connectivity index (χ1v) is 12.2. The highest BCUT2D eigenvalue weighted by Gasteiger charge is 2.35. The van der Waals surface area contributed by atoms with Crippen LogP contribution in [0.1, 0.15) is 90.4 Å². The fourth-order valence-corrected chi connectivity index (χ4v) is 4.24. The van der Waals surface area contributed by atoms with Gasteiger partial charge < -0.3 is 14.3 Å². The first-order chi connectivity index (χ1) is 17.2. The van der Waals surface area contributed by atoms with Crippen LogP contribution in [0.15, 0.2) is 64.3 Å². The summed E-state index contributed by atoms with van der Waals surface area (Å²) in [6.07, 6.45) is 2.03. The number of carbonyl (C=O) groups excluding carboxylic acids is 2. The van der Waals surface area contributed by atoms with Gasteiger partial charge >= 0.3 is 5.97 Å². The molecule has 1 aliphatic heterocycles. The second-order valence-electron chi connectivity index (χ2n) is 9.78. The number of aryl methyl sites for hydroxylation is 1. The Morgan fingerprint density at radius 2 is 1.83 bits per heavy atom. The zero-order valence-corrected chi connectivity index (χ0v) is 21.3. The Kier molecular flexibility index (Phi) is 7.29. The maximum Gasteiger partial charge on any atom is 0.342 e. The Hall–Kier alpha value is -3.87. The molecule has 2 heterocycles. The Bertz CT molecular complexity index is 1270. The number of ether oxygens (including phenoxy) is 1. The van der Waals surface area contributed by atoms with E-state index in [0.29, 0.717) is 17.7 Å². The second kappa shape index (κ2) is 10.4. The van der Waals surface area contributed by atoms with Gasteiger partial charge in [0.05, 0.1) is 12.0 Å². The fraction of sp³-hybridized carbons (Fsp3) is 0.345. The number of carbonyl (C=O) groups is 2. The molecule has 0 radical (unpaired) electrons. The third kappa shape index (κ3) is 5.20. The zero-order chi connectivity index (χ0) is 26.0. The van der Waals surface area contributed by atoms with Crippen molar-refractivity contribution in [3.63, 3.8) is 0 Å². The predicted molar refractivity (Wildman–Crippen MR) is 137 cm³/mol. The molecule has 36 heavy (non-hydrogen) atoms. The van der Waals surface area contributed by atoms with E-state index in [1.54, 1.807) is 24.5 Å². The van der Waals surface area contributed by atoms with E-state index < -0.39 is 24.5 Å². The monoisotopic (exact) mass is 488 g/mol. The maximum absolute atomic E-state index is 13.2. The minimum Gasteiger partial charge on any atom is -0.507 e. The standard InChI is InChI=1S/C29H32N2O5/c1-17(2)21-13-22(18(3)4)28(33)23(14-21)29(34)36-16-27(32)31-25(26-7-6-12-35-26)15-24(30-31)20-10-8-19(5)9-11-20/h6-14,17-18,25,33H,15-16H2,1-5H3/t25-/m1/s1. The van der Waals surface area contributed by atoms with Crippen molar-refractivity contribution in [3.8, 4) is 5.75 Å². The Balaban J connectivity index is 1.55. The van der Waals surface area contributed by atoms with Crippen molar-refractivity contribution >= 4 is 17.6 Å². The molecule has 1 aliphatic rings. The van der Waals surface area contributed by atoms with E-state index in [1.807, 2.05) is 65.0 Å². The Labute approximate surface area is 211 Å². The SMILES string of the molecule is Cc1ccc(C2=NN(C(=O)COC(=O)c3cc(C(C)C)cc(C(C)C)c3O)[C@@H](c3ccco3)C2)cc1. The van der Waals surface area contributed by atoms with Crippen LogP contribution in [-0.2, 0) is 9.53 Å². The van der Waals surface area contributed by atoms with Gasteiger partial charge in [-0.25, -0.2) is 9.80 Å². The van der Waals surface area contributed by atoms with Gasteiger partial charge in [0.25, 0.3) is 5.91 Å². The summed E-state index contributed by atoms with van der Waals surface area (Å²) >= 11 is 0. The van der Waals surface area contributed by atoms with Crippen LogP contribution in [0.3, 0.4) is 0 Å². The van der Waals surface area contributed by atoms with Crippen molar-refractivity contribution in [3.05, 3.63) is 88.4 Å². The minimum atomic E-state index is -0.748. The molecule has 0 saturated carbocycles. The summed E-state index contributed by atoms with van der Waals surface area (Å²) in [4.78, 5) is 26.1. The molecule has 0 unspecified atom stereocenters. The summed E-state index contributed by atoms with van der Waals surface area (Å²) in [5.41, 5.74) is 4.44. The fourth-order valence-electron chi connectivity index (χ4n) is 4.24. The lowest BCUT2D eigenvalue weighted by Crippen LogP contribution is -2.31. The van der Waals surface area contributed by atoms with Crippen LogP contribution >= 0.6 is 0 Å². The van der Waals surface area contributed by atoms with Crippen molar-refractivity contribution < 1.29 is 23.8 Å². The second-order valence-corrected chi connectivity index (χ2v) is 9.78. The van der Waals surface area contributed by atoms with Crippen molar-refractivity contribution in [2.45, 2.75) is 58.9 Å². The van der Waals surface area contributed by atoms with Crippen LogP contribution in [0, 0.1) is 6.92 Å². The van der Waals surface area contributed by atoms with Gasteiger partial charge in [0.2, 0.25) is 0 Å². The number of amides is 1. The number of esters is 1. The molecular formula is C29H32N2O5. The van der Waals surface area contributed by atoms with Crippen molar-refractivity contribution in [1.29, 1.82) is 0 Å². The number of aromatic hydroxyl groups is 1. The molecule has 7 heteroatoms. The van der Waals surface area contributed by atoms with Gasteiger partial charge in [-0.3, -0.25) is 4.79 Å². The molecule has 1 amide bonds. The predicted octanol–water partition coefficient (Wildman–Crippen LogP) is 6.08. The van der Waals surface area contributed by atoms with Crippen LogP contribution < -0.4 is 0 Å². The number of benzene rings is 2. The van der Waals surface area contributed by atoms with Gasteiger partial charge in [0.1, 0.15) is 23.1 Å². The van der Waals surface area contributed by atoms with E-state index >= 15 is 0 Å². The Morgan fingerprint density at radius 1 is 1.11 bits per heavy atom. The topological polar surface area (TPSA) is 92.3 Å². The van der Waals surface area contributed by atoms with Gasteiger partial charge in [-0.05, 0) is 53.6 Å². The molecular weight excluding hydrogens is 456 g/mol. The largest absolute Gasteiger partial charge is 0.507 e. The van der Waals surface area contributed by atoms with Gasteiger partial charge in [0, 0.05) is 6.42 Å². The Morgan fingerprint density at radius 3 is 2.44 bits per heavy atom. The summed E-state index contributed by atoms with van der Waals surface area (Å²) in [6, 6.07) is 14.6. The average Bonchev–Trinajstić information content (AvgIpc) is 3.53. The molecule has 2 aromatic carbocycles. The first-order valence-electron chi connectivity index (χ1n) is 12.2. The third-order valence-electron chi connectivity index (χ3n) is 6.42. The van der Waals surface area contributed by atoms with Crippen LogP contribution in [0.4, 0.5) is 0 Å². The van der Waals surface area contributed by atoms with Gasteiger partial charge in [-0.1, -0.05) is 63.6 Å². The molecule has 4 rings (SSSR count). The first kappa shape index (κ1) is 25.2. The van der Waals surface area contributed by atoms with E-state index in [-0.39, 0.29) is 23.1 Å². The summed E-state index contributed by atoms with van der Waals surface area (Å²) in [5, 5.41) is 16.6. The molecule has 188 valence electrons. The number of phenolic OH excluding ortho intramolecular Hbond substituents is 1. The highest BCUT2D eigenvalue weighted by Crippen LogP contribution is 2.35. The number of rotatable bonds is 7. The van der Waals surface area contributed by atoms with Crippen LogP contribution in [-0.4, -0.2) is 34.3 Å².